The molecule has 0 aliphatic carbocycles. The maximum atomic E-state index is 5.73. The molecule has 0 aliphatic rings. The Morgan fingerprint density at radius 2 is 2.05 bits per heavy atom. The zero-order valence-corrected chi connectivity index (χ0v) is 10.7. The fourth-order valence-electron chi connectivity index (χ4n) is 1.93. The highest BCUT2D eigenvalue weighted by molar-refractivity contribution is 5.82. The Morgan fingerprint density at radius 1 is 1.15 bits per heavy atom. The van der Waals surface area contributed by atoms with Gasteiger partial charge in [-0.1, -0.05) is 12.0 Å². The van der Waals surface area contributed by atoms with Crippen molar-refractivity contribution in [1.29, 1.82) is 0 Å². The molecule has 1 heterocycles. The molecule has 0 unspecified atom stereocenters. The first-order valence-electron chi connectivity index (χ1n) is 6.10. The van der Waals surface area contributed by atoms with E-state index >= 15 is 0 Å². The second kappa shape index (κ2) is 4.90. The number of terminal acetylenes is 1. The van der Waals surface area contributed by atoms with Crippen molar-refractivity contribution in [3.63, 3.8) is 0 Å². The molecule has 3 rings (SSSR count). The van der Waals surface area contributed by atoms with Crippen LogP contribution in [0.4, 0.5) is 17.3 Å². The summed E-state index contributed by atoms with van der Waals surface area (Å²) < 4.78 is 0. The van der Waals surface area contributed by atoms with Crippen molar-refractivity contribution >= 4 is 28.2 Å². The first kappa shape index (κ1) is 12.0. The van der Waals surface area contributed by atoms with Gasteiger partial charge in [0.1, 0.15) is 0 Å². The molecule has 4 nitrogen and oxygen atoms in total. The summed E-state index contributed by atoms with van der Waals surface area (Å²) in [4.78, 5) is 8.71. The number of nitrogens with zero attached hydrogens (tertiary/aromatic N) is 2. The van der Waals surface area contributed by atoms with Crippen molar-refractivity contribution in [2.45, 2.75) is 0 Å². The predicted molar refractivity (Wildman–Crippen MR) is 81.6 cm³/mol. The van der Waals surface area contributed by atoms with Gasteiger partial charge in [-0.25, -0.2) is 9.97 Å². The van der Waals surface area contributed by atoms with E-state index in [2.05, 4.69) is 21.2 Å². The van der Waals surface area contributed by atoms with Crippen molar-refractivity contribution < 1.29 is 0 Å². The van der Waals surface area contributed by atoms with Gasteiger partial charge < -0.3 is 11.1 Å². The van der Waals surface area contributed by atoms with Crippen LogP contribution in [0.3, 0.4) is 0 Å². The summed E-state index contributed by atoms with van der Waals surface area (Å²) in [6.07, 6.45) is 7.12. The lowest BCUT2D eigenvalue weighted by atomic mass is 10.2. The number of anilines is 3. The number of rotatable bonds is 2. The first-order valence-corrected chi connectivity index (χ1v) is 6.10. The van der Waals surface area contributed by atoms with Crippen LogP contribution in [0.2, 0.25) is 0 Å². The van der Waals surface area contributed by atoms with E-state index in [0.29, 0.717) is 11.6 Å². The third kappa shape index (κ3) is 2.38. The Kier molecular flexibility index (Phi) is 2.94. The molecule has 0 spiro atoms. The maximum absolute atomic E-state index is 5.73. The second-order valence-electron chi connectivity index (χ2n) is 4.36. The summed E-state index contributed by atoms with van der Waals surface area (Å²) in [5.74, 6) is 3.12. The van der Waals surface area contributed by atoms with Crippen LogP contribution in [0, 0.1) is 12.3 Å². The van der Waals surface area contributed by atoms with Gasteiger partial charge in [0.2, 0.25) is 5.95 Å². The molecule has 0 atom stereocenters. The Hall–Kier alpha value is -3.06. The molecule has 3 aromatic rings. The predicted octanol–water partition coefficient (Wildman–Crippen LogP) is 2.94. The minimum Gasteiger partial charge on any atom is -0.399 e. The van der Waals surface area contributed by atoms with E-state index in [1.54, 1.807) is 6.20 Å². The number of fused-ring (bicyclic) bond motifs is 1. The molecule has 2 aromatic carbocycles. The lowest BCUT2D eigenvalue weighted by molar-refractivity contribution is 1.21. The van der Waals surface area contributed by atoms with Crippen molar-refractivity contribution in [3.8, 4) is 12.3 Å². The van der Waals surface area contributed by atoms with Crippen molar-refractivity contribution in [2.24, 2.45) is 0 Å². The van der Waals surface area contributed by atoms with E-state index in [4.69, 9.17) is 12.2 Å². The topological polar surface area (TPSA) is 63.8 Å². The number of hydrogen-bond acceptors (Lipinski definition) is 4. The van der Waals surface area contributed by atoms with E-state index in [0.717, 1.165) is 22.2 Å². The van der Waals surface area contributed by atoms with E-state index in [-0.39, 0.29) is 0 Å². The van der Waals surface area contributed by atoms with Crippen LogP contribution in [-0.4, -0.2) is 9.97 Å². The van der Waals surface area contributed by atoms with Crippen LogP contribution in [0.1, 0.15) is 5.56 Å². The van der Waals surface area contributed by atoms with Gasteiger partial charge in [0.25, 0.3) is 0 Å². The molecule has 4 heteroatoms. The Morgan fingerprint density at radius 3 is 2.90 bits per heavy atom. The van der Waals surface area contributed by atoms with Crippen molar-refractivity contribution in [1.82, 2.24) is 9.97 Å². The second-order valence-corrected chi connectivity index (χ2v) is 4.36. The molecule has 0 saturated carbocycles. The smallest absolute Gasteiger partial charge is 0.227 e. The van der Waals surface area contributed by atoms with Crippen LogP contribution in [0.15, 0.2) is 48.7 Å². The fourth-order valence-corrected chi connectivity index (χ4v) is 1.93. The number of hydrogen-bond donors (Lipinski definition) is 2. The Bertz CT molecular complexity index is 818. The monoisotopic (exact) mass is 260 g/mol. The van der Waals surface area contributed by atoms with E-state index in [1.165, 1.54) is 0 Å². The number of aromatic nitrogens is 2. The molecule has 0 fully saturated rings. The normalized spacial score (nSPS) is 10.2. The number of benzene rings is 2. The summed E-state index contributed by atoms with van der Waals surface area (Å²) in [5.41, 5.74) is 8.93. The minimum atomic E-state index is 0.524. The summed E-state index contributed by atoms with van der Waals surface area (Å²) >= 11 is 0. The van der Waals surface area contributed by atoms with Gasteiger partial charge in [-0.05, 0) is 36.4 Å². The molecule has 3 N–H and O–H groups in total. The number of nitrogen functional groups attached to an aromatic ring is 1. The van der Waals surface area contributed by atoms with Crippen LogP contribution >= 0.6 is 0 Å². The lowest BCUT2D eigenvalue weighted by Crippen LogP contribution is -1.97. The Labute approximate surface area is 116 Å². The van der Waals surface area contributed by atoms with Gasteiger partial charge >= 0.3 is 0 Å². The summed E-state index contributed by atoms with van der Waals surface area (Å²) in [7, 11) is 0. The molecule has 20 heavy (non-hydrogen) atoms. The minimum absolute atomic E-state index is 0.524. The standard InChI is InChI=1S/C16H12N4/c1-2-11-4-3-5-14(8-11)19-16-18-10-12-9-13(17)6-7-15(12)20-16/h1,3-10H,17H2,(H,18,19,20). The molecular weight excluding hydrogens is 248 g/mol. The van der Waals surface area contributed by atoms with Gasteiger partial charge in [-0.2, -0.15) is 0 Å². The summed E-state index contributed by atoms with van der Waals surface area (Å²) in [6, 6.07) is 13.1. The average Bonchev–Trinajstić information content (AvgIpc) is 2.47. The molecule has 1 aromatic heterocycles. The lowest BCUT2D eigenvalue weighted by Gasteiger charge is -2.06. The largest absolute Gasteiger partial charge is 0.399 e. The number of nitrogens with one attached hydrogen (secondary N) is 1. The highest BCUT2D eigenvalue weighted by Crippen LogP contribution is 2.19. The van der Waals surface area contributed by atoms with Crippen LogP contribution in [0.5, 0.6) is 0 Å². The summed E-state index contributed by atoms with van der Waals surface area (Å²) in [6.45, 7) is 0. The molecule has 0 bridgehead atoms. The molecule has 0 saturated heterocycles. The fraction of sp³-hybridized carbons (Fsp3) is 0. The van der Waals surface area contributed by atoms with E-state index in [9.17, 15) is 0 Å². The van der Waals surface area contributed by atoms with Crippen LogP contribution in [0.25, 0.3) is 10.9 Å². The first-order chi connectivity index (χ1) is 9.74. The van der Waals surface area contributed by atoms with E-state index < -0.39 is 0 Å². The van der Waals surface area contributed by atoms with Gasteiger partial charge in [0, 0.05) is 28.5 Å². The highest BCUT2D eigenvalue weighted by Gasteiger charge is 2.01. The SMILES string of the molecule is C#Cc1cccc(Nc2ncc3cc(N)ccc3n2)c1. The molecule has 0 radical (unpaired) electrons. The average molecular weight is 260 g/mol. The van der Waals surface area contributed by atoms with Crippen molar-refractivity contribution in [3.05, 3.63) is 54.2 Å². The number of nitrogens with two attached hydrogens (primary N) is 1. The van der Waals surface area contributed by atoms with Crippen molar-refractivity contribution in [2.75, 3.05) is 11.1 Å². The molecule has 96 valence electrons. The summed E-state index contributed by atoms with van der Waals surface area (Å²) in [5, 5.41) is 4.05. The van der Waals surface area contributed by atoms with E-state index in [1.807, 2.05) is 42.5 Å². The van der Waals surface area contributed by atoms with Gasteiger partial charge in [0.05, 0.1) is 5.52 Å². The van der Waals surface area contributed by atoms with Gasteiger partial charge in [-0.15, -0.1) is 6.42 Å². The van der Waals surface area contributed by atoms with Gasteiger partial charge in [0.15, 0.2) is 0 Å². The molecule has 0 amide bonds. The molecule has 0 aliphatic heterocycles. The maximum Gasteiger partial charge on any atom is 0.227 e. The highest BCUT2D eigenvalue weighted by atomic mass is 15.1. The zero-order chi connectivity index (χ0) is 13.9. The third-order valence-electron chi connectivity index (χ3n) is 2.89. The van der Waals surface area contributed by atoms with Crippen LogP contribution in [-0.2, 0) is 0 Å². The van der Waals surface area contributed by atoms with Gasteiger partial charge in [-0.3, -0.25) is 0 Å². The zero-order valence-electron chi connectivity index (χ0n) is 10.7. The Balaban J connectivity index is 1.94. The van der Waals surface area contributed by atoms with Crippen LogP contribution < -0.4 is 11.1 Å². The quantitative estimate of drug-likeness (QED) is 0.549. The molecular formula is C16H12N4. The third-order valence-corrected chi connectivity index (χ3v) is 2.89.